The first-order valence-corrected chi connectivity index (χ1v) is 14.4. The number of carbonyl (C=O) groups excluding carboxylic acids is 2. The molecule has 2 heterocycles. The van der Waals surface area contributed by atoms with Crippen LogP contribution >= 0.6 is 0 Å². The number of rotatable bonds is 9. The van der Waals surface area contributed by atoms with Gasteiger partial charge in [0.15, 0.2) is 0 Å². The van der Waals surface area contributed by atoms with E-state index in [4.69, 9.17) is 14.2 Å². The molecule has 12 heteroatoms. The lowest BCUT2D eigenvalue weighted by Crippen LogP contribution is -2.51. The van der Waals surface area contributed by atoms with Crippen molar-refractivity contribution in [1.82, 2.24) is 15.2 Å². The topological polar surface area (TPSA) is 111 Å². The van der Waals surface area contributed by atoms with Gasteiger partial charge in [-0.05, 0) is 61.6 Å². The second-order valence-corrected chi connectivity index (χ2v) is 11.0. The number of hydrogen-bond donors (Lipinski definition) is 2. The number of ether oxygens (including phenoxy) is 3. The fraction of sp³-hybridized carbons (Fsp3) is 0.406. The maximum absolute atomic E-state index is 15.5. The van der Waals surface area contributed by atoms with Crippen molar-refractivity contribution < 1.29 is 32.6 Å². The molecule has 1 fully saturated rings. The van der Waals surface area contributed by atoms with Gasteiger partial charge in [0.2, 0.25) is 0 Å². The normalized spacial score (nSPS) is 21.1. The summed E-state index contributed by atoms with van der Waals surface area (Å²) >= 11 is 0. The molecule has 1 aliphatic heterocycles. The molecule has 3 amide bonds. The number of fused-ring (bicyclic) bond motifs is 1. The summed E-state index contributed by atoms with van der Waals surface area (Å²) in [6, 6.07) is 7.83. The molecule has 2 N–H and O–H groups in total. The number of nitrogens with one attached hydrogen (secondary N) is 2. The monoisotopic (exact) mass is 610 g/mol. The molecule has 44 heavy (non-hydrogen) atoms. The summed E-state index contributed by atoms with van der Waals surface area (Å²) in [6.07, 6.45) is 3.52. The third-order valence-electron chi connectivity index (χ3n) is 8.47. The van der Waals surface area contributed by atoms with Gasteiger partial charge in [0.1, 0.15) is 34.9 Å². The van der Waals surface area contributed by atoms with Gasteiger partial charge in [-0.15, -0.1) is 0 Å². The van der Waals surface area contributed by atoms with Crippen molar-refractivity contribution in [3.8, 4) is 11.5 Å². The Kier molecular flexibility index (Phi) is 9.19. The minimum Gasteiger partial charge on any atom is -0.497 e. The fourth-order valence-corrected chi connectivity index (χ4v) is 6.26. The third kappa shape index (κ3) is 5.99. The Labute approximate surface area is 253 Å². The molecule has 5 rings (SSSR count). The number of aromatic nitrogens is 1. The molecule has 3 aromatic rings. The zero-order valence-electron chi connectivity index (χ0n) is 25.1. The number of halogens is 2. The number of aryl methyl sites for hydroxylation is 1. The number of benzene rings is 2. The molecule has 0 saturated carbocycles. The van der Waals surface area contributed by atoms with E-state index in [1.165, 1.54) is 29.8 Å². The van der Waals surface area contributed by atoms with E-state index in [1.54, 1.807) is 26.3 Å². The summed E-state index contributed by atoms with van der Waals surface area (Å²) < 4.78 is 47.7. The molecule has 10 nitrogen and oxygen atoms in total. The fourth-order valence-electron chi connectivity index (χ4n) is 6.26. The van der Waals surface area contributed by atoms with Gasteiger partial charge in [-0.3, -0.25) is 9.59 Å². The zero-order chi connectivity index (χ0) is 31.5. The largest absolute Gasteiger partial charge is 0.497 e. The lowest BCUT2D eigenvalue weighted by molar-refractivity contribution is -0.118. The van der Waals surface area contributed by atoms with Crippen molar-refractivity contribution in [3.05, 3.63) is 87.3 Å². The van der Waals surface area contributed by atoms with E-state index in [9.17, 15) is 14.4 Å². The zero-order valence-corrected chi connectivity index (χ0v) is 25.1. The SMILES string of the molecule is COCCn1cccc(N2C(=O)[C@@H](NC(=O)NC3CCc4cc(OC)ccc4C3)[C@H](c3c(F)cc(OC)cc3F)[C@@H]2C)c1=O. The number of urea groups is 1. The van der Waals surface area contributed by atoms with Gasteiger partial charge < -0.3 is 34.3 Å². The van der Waals surface area contributed by atoms with Crippen LogP contribution in [0.4, 0.5) is 19.3 Å². The number of anilines is 1. The van der Waals surface area contributed by atoms with E-state index in [-0.39, 0.29) is 36.2 Å². The van der Waals surface area contributed by atoms with Gasteiger partial charge in [-0.1, -0.05) is 6.07 Å². The summed E-state index contributed by atoms with van der Waals surface area (Å²) in [5.41, 5.74) is 1.40. The van der Waals surface area contributed by atoms with Gasteiger partial charge in [0, 0.05) is 55.5 Å². The molecule has 2 aliphatic rings. The Morgan fingerprint density at radius 3 is 2.39 bits per heavy atom. The Balaban J connectivity index is 1.45. The van der Waals surface area contributed by atoms with Gasteiger partial charge in [-0.2, -0.15) is 0 Å². The molecule has 234 valence electrons. The Morgan fingerprint density at radius 1 is 0.977 bits per heavy atom. The second kappa shape index (κ2) is 13.0. The van der Waals surface area contributed by atoms with Crippen LogP contribution in [0.1, 0.15) is 36.0 Å². The van der Waals surface area contributed by atoms with Crippen LogP contribution in [0.2, 0.25) is 0 Å². The van der Waals surface area contributed by atoms with Gasteiger partial charge in [0.25, 0.3) is 11.5 Å². The smallest absolute Gasteiger partial charge is 0.315 e. The Bertz CT molecular complexity index is 1590. The van der Waals surface area contributed by atoms with Crippen LogP contribution in [0.5, 0.6) is 11.5 Å². The molecule has 1 unspecified atom stereocenters. The molecule has 0 radical (unpaired) electrons. The van der Waals surface area contributed by atoms with Gasteiger partial charge in [0.05, 0.1) is 20.8 Å². The lowest BCUT2D eigenvalue weighted by atomic mass is 9.87. The van der Waals surface area contributed by atoms with Crippen molar-refractivity contribution in [2.75, 3.05) is 32.8 Å². The van der Waals surface area contributed by atoms with Crippen molar-refractivity contribution >= 4 is 17.6 Å². The molecule has 1 saturated heterocycles. The predicted molar refractivity (Wildman–Crippen MR) is 159 cm³/mol. The molecular formula is C32H36F2N4O6. The van der Waals surface area contributed by atoms with E-state index in [1.807, 2.05) is 18.2 Å². The van der Waals surface area contributed by atoms with Gasteiger partial charge >= 0.3 is 6.03 Å². The first-order valence-electron chi connectivity index (χ1n) is 14.4. The highest BCUT2D eigenvalue weighted by molar-refractivity contribution is 6.03. The second-order valence-electron chi connectivity index (χ2n) is 11.0. The average molecular weight is 611 g/mol. The standard InChI is InChI=1S/C32H36F2N4O6/c1-18-27(28-24(33)16-23(44-4)17-25(28)34)29(31(40)38(18)26-6-5-11-37(30(26)39)12-13-42-2)36-32(41)35-21-9-7-20-15-22(43-3)10-8-19(20)14-21/h5-6,8,10-11,15-18,21,27,29H,7,9,12-14H2,1-4H3,(H2,35,36,41)/t18-,21?,27-,29-/m0/s1. The molecular weight excluding hydrogens is 574 g/mol. The number of methoxy groups -OCH3 is 3. The van der Waals surface area contributed by atoms with E-state index >= 15 is 8.78 Å². The third-order valence-corrected chi connectivity index (χ3v) is 8.47. The lowest BCUT2D eigenvalue weighted by Gasteiger charge is -2.28. The van der Waals surface area contributed by atoms with E-state index in [2.05, 4.69) is 10.6 Å². The number of pyridine rings is 1. The van der Waals surface area contributed by atoms with Crippen molar-refractivity contribution in [2.24, 2.45) is 0 Å². The summed E-state index contributed by atoms with van der Waals surface area (Å²) in [4.78, 5) is 42.0. The maximum Gasteiger partial charge on any atom is 0.315 e. The Morgan fingerprint density at radius 2 is 1.70 bits per heavy atom. The number of amides is 3. The van der Waals surface area contributed by atoms with Crippen molar-refractivity contribution in [1.29, 1.82) is 0 Å². The molecule has 4 atom stereocenters. The maximum atomic E-state index is 15.5. The summed E-state index contributed by atoms with van der Waals surface area (Å²) in [6.45, 7) is 2.11. The van der Waals surface area contributed by atoms with E-state index in [0.29, 0.717) is 12.8 Å². The van der Waals surface area contributed by atoms with Gasteiger partial charge in [-0.25, -0.2) is 13.6 Å². The first kappa shape index (κ1) is 31.0. The molecule has 1 aromatic heterocycles. The number of hydrogen-bond acceptors (Lipinski definition) is 6. The summed E-state index contributed by atoms with van der Waals surface area (Å²) in [5.74, 6) is -2.94. The van der Waals surface area contributed by atoms with Crippen LogP contribution in [0.15, 0.2) is 53.5 Å². The highest BCUT2D eigenvalue weighted by atomic mass is 19.1. The van der Waals surface area contributed by atoms with Crippen molar-refractivity contribution in [3.63, 3.8) is 0 Å². The van der Waals surface area contributed by atoms with Crippen molar-refractivity contribution in [2.45, 2.75) is 56.8 Å². The molecule has 0 bridgehead atoms. The van der Waals surface area contributed by atoms with Crippen LogP contribution in [-0.2, 0) is 28.9 Å². The van der Waals surface area contributed by atoms with Crippen LogP contribution in [-0.4, -0.2) is 62.6 Å². The minimum atomic E-state index is -1.37. The van der Waals surface area contributed by atoms with Crippen LogP contribution in [0.25, 0.3) is 0 Å². The number of nitrogens with zero attached hydrogens (tertiary/aromatic N) is 2. The van der Waals surface area contributed by atoms with Crippen LogP contribution in [0, 0.1) is 11.6 Å². The van der Waals surface area contributed by atoms with Crippen LogP contribution in [0.3, 0.4) is 0 Å². The average Bonchev–Trinajstić information content (AvgIpc) is 3.24. The first-order chi connectivity index (χ1) is 21.2. The summed E-state index contributed by atoms with van der Waals surface area (Å²) in [5, 5.41) is 5.62. The minimum absolute atomic E-state index is 0.0286. The highest BCUT2D eigenvalue weighted by Crippen LogP contribution is 2.40. The molecule has 1 aliphatic carbocycles. The van der Waals surface area contributed by atoms with E-state index in [0.717, 1.165) is 35.4 Å². The molecule has 0 spiro atoms. The number of carbonyl (C=O) groups is 2. The van der Waals surface area contributed by atoms with E-state index < -0.39 is 47.1 Å². The summed E-state index contributed by atoms with van der Waals surface area (Å²) in [7, 11) is 4.40. The quantitative estimate of drug-likeness (QED) is 0.384. The predicted octanol–water partition coefficient (Wildman–Crippen LogP) is 3.53. The Hall–Kier alpha value is -4.45. The highest BCUT2D eigenvalue weighted by Gasteiger charge is 2.50. The molecule has 2 aromatic carbocycles. The van der Waals surface area contributed by atoms with Crippen LogP contribution < -0.4 is 30.6 Å².